The van der Waals surface area contributed by atoms with E-state index in [-0.39, 0.29) is 5.69 Å². The molecule has 1 saturated heterocycles. The highest BCUT2D eigenvalue weighted by atomic mass is 19.3. The summed E-state index contributed by atoms with van der Waals surface area (Å²) in [6.45, 7) is 3.51. The summed E-state index contributed by atoms with van der Waals surface area (Å²) < 4.78 is 33.1. The molecule has 0 aliphatic carbocycles. The first-order valence-corrected chi connectivity index (χ1v) is 9.71. The molecule has 0 bridgehead atoms. The number of carbonyl (C=O) groups is 1. The van der Waals surface area contributed by atoms with Gasteiger partial charge in [-0.25, -0.2) is 18.7 Å². The highest BCUT2D eigenvalue weighted by molar-refractivity contribution is 6.02. The molecule has 29 heavy (non-hydrogen) atoms. The summed E-state index contributed by atoms with van der Waals surface area (Å²) in [6, 6.07) is 5.89. The number of ether oxygens (including phenoxy) is 1. The van der Waals surface area contributed by atoms with Crippen LogP contribution in [0.4, 0.5) is 14.5 Å². The standard InChI is InChI=1S/C21H22F2N4O2/c1-2-13-10-15(24-21(28)17-5-3-4-16(25-17)19(22)23)11-27-12-18(26-20(13)27)14-6-8-29-9-7-14/h3-5,10-12,14,19H,2,6-9H2,1H3,(H,24,28). The maximum absolute atomic E-state index is 12.9. The molecule has 0 saturated carbocycles. The minimum Gasteiger partial charge on any atom is -0.381 e. The van der Waals surface area contributed by atoms with Gasteiger partial charge in [-0.3, -0.25) is 4.79 Å². The fourth-order valence-corrected chi connectivity index (χ4v) is 3.60. The van der Waals surface area contributed by atoms with Gasteiger partial charge in [0, 0.05) is 31.5 Å². The van der Waals surface area contributed by atoms with E-state index in [1.807, 2.05) is 23.6 Å². The summed E-state index contributed by atoms with van der Waals surface area (Å²) in [5.74, 6) is -0.161. The monoisotopic (exact) mass is 400 g/mol. The molecule has 0 unspecified atom stereocenters. The second kappa shape index (κ2) is 8.24. The van der Waals surface area contributed by atoms with Crippen molar-refractivity contribution in [3.05, 3.63) is 59.3 Å². The second-order valence-corrected chi connectivity index (χ2v) is 7.09. The summed E-state index contributed by atoms with van der Waals surface area (Å²) >= 11 is 0. The van der Waals surface area contributed by atoms with Gasteiger partial charge in [-0.1, -0.05) is 13.0 Å². The van der Waals surface area contributed by atoms with Crippen LogP contribution in [0.15, 0.2) is 36.7 Å². The number of hydrogen-bond donors (Lipinski definition) is 1. The van der Waals surface area contributed by atoms with Crippen molar-refractivity contribution < 1.29 is 18.3 Å². The van der Waals surface area contributed by atoms with Crippen molar-refractivity contribution in [2.45, 2.75) is 38.5 Å². The number of anilines is 1. The number of aromatic nitrogens is 3. The van der Waals surface area contributed by atoms with Gasteiger partial charge in [0.05, 0.1) is 11.4 Å². The number of nitrogens with zero attached hydrogens (tertiary/aromatic N) is 3. The predicted molar refractivity (Wildman–Crippen MR) is 105 cm³/mol. The minimum atomic E-state index is -2.72. The molecule has 1 amide bonds. The number of amides is 1. The lowest BCUT2D eigenvalue weighted by molar-refractivity contribution is 0.0846. The van der Waals surface area contributed by atoms with Crippen molar-refractivity contribution in [2.75, 3.05) is 18.5 Å². The van der Waals surface area contributed by atoms with Gasteiger partial charge in [0.1, 0.15) is 17.0 Å². The van der Waals surface area contributed by atoms with E-state index < -0.39 is 18.0 Å². The number of nitrogens with one attached hydrogen (secondary N) is 1. The molecule has 0 aromatic carbocycles. The molecule has 3 aromatic heterocycles. The van der Waals surface area contributed by atoms with Crippen LogP contribution in [-0.4, -0.2) is 33.5 Å². The van der Waals surface area contributed by atoms with Gasteiger partial charge in [0.25, 0.3) is 12.3 Å². The molecule has 8 heteroatoms. The van der Waals surface area contributed by atoms with E-state index in [1.54, 1.807) is 6.20 Å². The minimum absolute atomic E-state index is 0.0468. The lowest BCUT2D eigenvalue weighted by Gasteiger charge is -2.19. The first kappa shape index (κ1) is 19.4. The molecular formula is C21H22F2N4O2. The first-order valence-electron chi connectivity index (χ1n) is 9.71. The fraction of sp³-hybridized carbons (Fsp3) is 0.381. The van der Waals surface area contributed by atoms with Crippen LogP contribution in [-0.2, 0) is 11.2 Å². The number of carbonyl (C=O) groups excluding carboxylic acids is 1. The van der Waals surface area contributed by atoms with Crippen LogP contribution in [0, 0.1) is 0 Å². The fourth-order valence-electron chi connectivity index (χ4n) is 3.60. The Morgan fingerprint density at radius 2 is 2.07 bits per heavy atom. The molecule has 6 nitrogen and oxygen atoms in total. The Morgan fingerprint density at radius 3 is 2.79 bits per heavy atom. The molecule has 4 heterocycles. The largest absolute Gasteiger partial charge is 0.381 e. The molecule has 3 aromatic rings. The van der Waals surface area contributed by atoms with Gasteiger partial charge in [-0.2, -0.15) is 0 Å². The lowest BCUT2D eigenvalue weighted by atomic mass is 9.97. The van der Waals surface area contributed by atoms with Crippen LogP contribution >= 0.6 is 0 Å². The molecule has 4 rings (SSSR count). The maximum Gasteiger partial charge on any atom is 0.280 e. The van der Waals surface area contributed by atoms with Crippen LogP contribution in [0.3, 0.4) is 0 Å². The highest BCUT2D eigenvalue weighted by Crippen LogP contribution is 2.28. The molecule has 1 N–H and O–H groups in total. The van der Waals surface area contributed by atoms with Gasteiger partial charge in [0.2, 0.25) is 0 Å². The zero-order valence-electron chi connectivity index (χ0n) is 16.1. The van der Waals surface area contributed by atoms with Gasteiger partial charge >= 0.3 is 0 Å². The average Bonchev–Trinajstić information content (AvgIpc) is 3.18. The zero-order valence-corrected chi connectivity index (χ0v) is 16.1. The number of halogens is 2. The van der Waals surface area contributed by atoms with E-state index >= 15 is 0 Å². The molecule has 0 radical (unpaired) electrons. The molecule has 1 aliphatic rings. The third-order valence-corrected chi connectivity index (χ3v) is 5.15. The van der Waals surface area contributed by atoms with Crippen LogP contribution in [0.1, 0.15) is 59.5 Å². The van der Waals surface area contributed by atoms with Gasteiger partial charge in [-0.15, -0.1) is 0 Å². The van der Waals surface area contributed by atoms with Gasteiger partial charge in [-0.05, 0) is 43.0 Å². The number of rotatable bonds is 5. The Kier molecular flexibility index (Phi) is 5.53. The molecule has 0 spiro atoms. The van der Waals surface area contributed by atoms with E-state index in [0.717, 1.165) is 49.4 Å². The van der Waals surface area contributed by atoms with Crippen molar-refractivity contribution in [3.63, 3.8) is 0 Å². The number of alkyl halides is 2. The van der Waals surface area contributed by atoms with Gasteiger partial charge < -0.3 is 14.5 Å². The number of fused-ring (bicyclic) bond motifs is 1. The van der Waals surface area contributed by atoms with Crippen LogP contribution in [0.25, 0.3) is 5.65 Å². The van der Waals surface area contributed by atoms with E-state index in [2.05, 4.69) is 10.3 Å². The number of pyridine rings is 2. The Bertz CT molecular complexity index is 1030. The Balaban J connectivity index is 1.62. The van der Waals surface area contributed by atoms with E-state index in [1.165, 1.54) is 18.2 Å². The third-order valence-electron chi connectivity index (χ3n) is 5.15. The Hall–Kier alpha value is -2.87. The van der Waals surface area contributed by atoms with Crippen molar-refractivity contribution in [1.29, 1.82) is 0 Å². The van der Waals surface area contributed by atoms with Crippen molar-refractivity contribution in [2.24, 2.45) is 0 Å². The number of hydrogen-bond acceptors (Lipinski definition) is 4. The summed E-state index contributed by atoms with van der Waals surface area (Å²) in [5, 5.41) is 2.77. The molecule has 1 aliphatic heterocycles. The Labute approximate surface area is 166 Å². The van der Waals surface area contributed by atoms with Crippen molar-refractivity contribution in [3.8, 4) is 0 Å². The zero-order chi connectivity index (χ0) is 20.4. The van der Waals surface area contributed by atoms with Crippen LogP contribution < -0.4 is 5.32 Å². The predicted octanol–water partition coefficient (Wildman–Crippen LogP) is 4.38. The summed E-state index contributed by atoms with van der Waals surface area (Å²) in [6.07, 6.45) is 3.70. The quantitative estimate of drug-likeness (QED) is 0.690. The highest BCUT2D eigenvalue weighted by Gasteiger charge is 2.20. The average molecular weight is 400 g/mol. The molecular weight excluding hydrogens is 378 g/mol. The first-order chi connectivity index (χ1) is 14.0. The summed E-state index contributed by atoms with van der Waals surface area (Å²) in [5.41, 5.74) is 2.99. The van der Waals surface area contributed by atoms with E-state index in [9.17, 15) is 13.6 Å². The second-order valence-electron chi connectivity index (χ2n) is 7.09. The third kappa shape index (κ3) is 4.12. The SMILES string of the molecule is CCc1cc(NC(=O)c2cccc(C(F)F)n2)cn2cc(C3CCOCC3)nc12. The summed E-state index contributed by atoms with van der Waals surface area (Å²) in [4.78, 5) is 21.1. The van der Waals surface area contributed by atoms with Crippen molar-refractivity contribution in [1.82, 2.24) is 14.4 Å². The topological polar surface area (TPSA) is 68.5 Å². The van der Waals surface area contributed by atoms with Gasteiger partial charge in [0.15, 0.2) is 0 Å². The maximum atomic E-state index is 12.9. The lowest BCUT2D eigenvalue weighted by Crippen LogP contribution is -2.15. The number of aryl methyl sites for hydroxylation is 1. The smallest absolute Gasteiger partial charge is 0.280 e. The molecule has 0 atom stereocenters. The molecule has 152 valence electrons. The summed E-state index contributed by atoms with van der Waals surface area (Å²) in [7, 11) is 0. The van der Waals surface area contributed by atoms with Crippen LogP contribution in [0.2, 0.25) is 0 Å². The van der Waals surface area contributed by atoms with Crippen LogP contribution in [0.5, 0.6) is 0 Å². The normalized spacial score (nSPS) is 15.2. The van der Waals surface area contributed by atoms with E-state index in [4.69, 9.17) is 9.72 Å². The van der Waals surface area contributed by atoms with Crippen molar-refractivity contribution >= 4 is 17.2 Å². The van der Waals surface area contributed by atoms with E-state index in [0.29, 0.717) is 11.6 Å². The Morgan fingerprint density at radius 1 is 1.28 bits per heavy atom. The number of imidazole rings is 1. The molecule has 1 fully saturated rings.